The number of hydrogen-bond acceptors (Lipinski definition) is 3. The van der Waals surface area contributed by atoms with Gasteiger partial charge in [0.05, 0.1) is 12.7 Å². The smallest absolute Gasteiger partial charge is 0.122 e. The predicted molar refractivity (Wildman–Crippen MR) is 63.7 cm³/mol. The van der Waals surface area contributed by atoms with Gasteiger partial charge < -0.3 is 15.6 Å². The molecule has 0 aliphatic carbocycles. The molecule has 1 aromatic carbocycles. The fourth-order valence-corrected chi connectivity index (χ4v) is 2.24. The topological polar surface area (TPSA) is 55.5 Å². The molecule has 2 atom stereocenters. The van der Waals surface area contributed by atoms with Crippen LogP contribution in [0.2, 0.25) is 0 Å². The number of nitrogens with two attached hydrogens (primary N) is 1. The van der Waals surface area contributed by atoms with Crippen LogP contribution in [0.15, 0.2) is 18.2 Å². The minimum Gasteiger partial charge on any atom is -0.493 e. The van der Waals surface area contributed by atoms with Crippen molar-refractivity contribution in [3.8, 4) is 5.75 Å². The highest BCUT2D eigenvalue weighted by Crippen LogP contribution is 2.30. The molecule has 3 heteroatoms. The summed E-state index contributed by atoms with van der Waals surface area (Å²) < 4.78 is 5.47. The van der Waals surface area contributed by atoms with E-state index in [4.69, 9.17) is 10.5 Å². The highest BCUT2D eigenvalue weighted by Gasteiger charge is 2.17. The van der Waals surface area contributed by atoms with Crippen LogP contribution in [0, 0.1) is 0 Å². The van der Waals surface area contributed by atoms with Gasteiger partial charge in [-0.05, 0) is 43.0 Å². The van der Waals surface area contributed by atoms with Gasteiger partial charge >= 0.3 is 0 Å². The summed E-state index contributed by atoms with van der Waals surface area (Å²) in [6.07, 6.45) is 1.39. The van der Waals surface area contributed by atoms with E-state index in [1.807, 2.05) is 6.07 Å². The van der Waals surface area contributed by atoms with Crippen LogP contribution >= 0.6 is 0 Å². The van der Waals surface area contributed by atoms with E-state index in [1.54, 1.807) is 6.92 Å². The zero-order valence-corrected chi connectivity index (χ0v) is 9.65. The van der Waals surface area contributed by atoms with Crippen LogP contribution in [0.1, 0.15) is 30.4 Å². The molecule has 0 aromatic heterocycles. The first-order chi connectivity index (χ1) is 7.70. The Morgan fingerprint density at radius 1 is 1.50 bits per heavy atom. The largest absolute Gasteiger partial charge is 0.493 e. The molecule has 2 rings (SSSR count). The molecule has 0 spiro atoms. The van der Waals surface area contributed by atoms with E-state index >= 15 is 0 Å². The molecule has 0 radical (unpaired) electrons. The van der Waals surface area contributed by atoms with Gasteiger partial charge in [0.15, 0.2) is 0 Å². The summed E-state index contributed by atoms with van der Waals surface area (Å²) in [5, 5.41) is 9.43. The molecule has 16 heavy (non-hydrogen) atoms. The van der Waals surface area contributed by atoms with E-state index in [2.05, 4.69) is 12.1 Å². The summed E-state index contributed by atoms with van der Waals surface area (Å²) in [5.41, 5.74) is 8.24. The molecular formula is C13H19NO2. The summed E-state index contributed by atoms with van der Waals surface area (Å²) in [6, 6.07) is 6.24. The quantitative estimate of drug-likeness (QED) is 0.808. The van der Waals surface area contributed by atoms with Gasteiger partial charge in [0.1, 0.15) is 5.75 Å². The monoisotopic (exact) mass is 221 g/mol. The number of ether oxygens (including phenoxy) is 1. The van der Waals surface area contributed by atoms with Crippen molar-refractivity contribution in [3.05, 3.63) is 29.3 Å². The standard InChI is InChI=1S/C13H19NO2/c1-9(15)6-12(8-14)10-2-3-13-11(7-10)4-5-16-13/h2-3,7,9,12,15H,4-6,8,14H2,1H3. The number of benzene rings is 1. The number of fused-ring (bicyclic) bond motifs is 1. The van der Waals surface area contributed by atoms with Gasteiger partial charge in [0.2, 0.25) is 0 Å². The van der Waals surface area contributed by atoms with Crippen molar-refractivity contribution in [1.82, 2.24) is 0 Å². The lowest BCUT2D eigenvalue weighted by Gasteiger charge is -2.17. The molecule has 88 valence electrons. The average molecular weight is 221 g/mol. The molecule has 1 aliphatic rings. The van der Waals surface area contributed by atoms with E-state index in [0.717, 1.165) is 25.2 Å². The van der Waals surface area contributed by atoms with Crippen molar-refractivity contribution < 1.29 is 9.84 Å². The van der Waals surface area contributed by atoms with Crippen LogP contribution in [0.3, 0.4) is 0 Å². The third-order valence-electron chi connectivity index (χ3n) is 3.10. The molecule has 0 saturated heterocycles. The minimum absolute atomic E-state index is 0.242. The highest BCUT2D eigenvalue weighted by molar-refractivity contribution is 5.41. The first kappa shape index (κ1) is 11.4. The Bertz CT molecular complexity index is 363. The Morgan fingerprint density at radius 3 is 3.00 bits per heavy atom. The zero-order chi connectivity index (χ0) is 11.5. The van der Waals surface area contributed by atoms with Crippen LogP contribution in [-0.4, -0.2) is 24.4 Å². The molecule has 1 heterocycles. The summed E-state index contributed by atoms with van der Waals surface area (Å²) in [7, 11) is 0. The van der Waals surface area contributed by atoms with E-state index in [1.165, 1.54) is 11.1 Å². The van der Waals surface area contributed by atoms with Crippen molar-refractivity contribution in [1.29, 1.82) is 0 Å². The molecule has 2 unspecified atom stereocenters. The molecular weight excluding hydrogens is 202 g/mol. The SMILES string of the molecule is CC(O)CC(CN)c1ccc2c(c1)CCO2. The Kier molecular flexibility index (Phi) is 3.46. The van der Waals surface area contributed by atoms with Gasteiger partial charge in [-0.1, -0.05) is 12.1 Å². The second-order valence-electron chi connectivity index (χ2n) is 4.48. The van der Waals surface area contributed by atoms with E-state index in [-0.39, 0.29) is 12.0 Å². The fraction of sp³-hybridized carbons (Fsp3) is 0.538. The van der Waals surface area contributed by atoms with E-state index in [0.29, 0.717) is 6.54 Å². The van der Waals surface area contributed by atoms with Crippen molar-refractivity contribution in [2.45, 2.75) is 31.8 Å². The Hall–Kier alpha value is -1.06. The van der Waals surface area contributed by atoms with Crippen LogP contribution in [0.4, 0.5) is 0 Å². The first-order valence-electron chi connectivity index (χ1n) is 5.84. The molecule has 0 bridgehead atoms. The molecule has 3 nitrogen and oxygen atoms in total. The van der Waals surface area contributed by atoms with Gasteiger partial charge in [0, 0.05) is 6.42 Å². The summed E-state index contributed by atoms with van der Waals surface area (Å²) >= 11 is 0. The molecule has 3 N–H and O–H groups in total. The van der Waals surface area contributed by atoms with E-state index in [9.17, 15) is 5.11 Å². The highest BCUT2D eigenvalue weighted by atomic mass is 16.5. The van der Waals surface area contributed by atoms with Crippen LogP contribution in [0.25, 0.3) is 0 Å². The van der Waals surface area contributed by atoms with Gasteiger partial charge in [-0.2, -0.15) is 0 Å². The van der Waals surface area contributed by atoms with Gasteiger partial charge in [0.25, 0.3) is 0 Å². The van der Waals surface area contributed by atoms with Crippen molar-refractivity contribution in [3.63, 3.8) is 0 Å². The molecule has 0 saturated carbocycles. The van der Waals surface area contributed by atoms with Gasteiger partial charge in [-0.25, -0.2) is 0 Å². The molecule has 0 fully saturated rings. The lowest BCUT2D eigenvalue weighted by atomic mass is 9.92. The first-order valence-corrected chi connectivity index (χ1v) is 5.84. The van der Waals surface area contributed by atoms with Crippen molar-refractivity contribution >= 4 is 0 Å². The van der Waals surface area contributed by atoms with Gasteiger partial charge in [-0.3, -0.25) is 0 Å². The average Bonchev–Trinajstić information content (AvgIpc) is 2.72. The Balaban J connectivity index is 2.18. The molecule has 0 amide bonds. The number of aliphatic hydroxyl groups excluding tert-OH is 1. The number of hydrogen-bond donors (Lipinski definition) is 2. The van der Waals surface area contributed by atoms with Crippen LogP contribution in [-0.2, 0) is 6.42 Å². The maximum atomic E-state index is 9.43. The second kappa shape index (κ2) is 4.85. The Morgan fingerprint density at radius 2 is 2.31 bits per heavy atom. The van der Waals surface area contributed by atoms with Crippen molar-refractivity contribution in [2.24, 2.45) is 5.73 Å². The van der Waals surface area contributed by atoms with Crippen LogP contribution < -0.4 is 10.5 Å². The summed E-state index contributed by atoms with van der Waals surface area (Å²) in [6.45, 7) is 3.16. The predicted octanol–water partition coefficient (Wildman–Crippen LogP) is 1.43. The minimum atomic E-state index is -0.307. The third-order valence-corrected chi connectivity index (χ3v) is 3.10. The number of aliphatic hydroxyl groups is 1. The summed E-state index contributed by atoms with van der Waals surface area (Å²) in [5.74, 6) is 1.24. The fourth-order valence-electron chi connectivity index (χ4n) is 2.24. The maximum Gasteiger partial charge on any atom is 0.122 e. The normalized spacial score (nSPS) is 17.7. The van der Waals surface area contributed by atoms with Crippen LogP contribution in [0.5, 0.6) is 5.75 Å². The maximum absolute atomic E-state index is 9.43. The van der Waals surface area contributed by atoms with E-state index < -0.39 is 0 Å². The third kappa shape index (κ3) is 2.36. The molecule has 1 aliphatic heterocycles. The van der Waals surface area contributed by atoms with Gasteiger partial charge in [-0.15, -0.1) is 0 Å². The lowest BCUT2D eigenvalue weighted by Crippen LogP contribution is -2.17. The summed E-state index contributed by atoms with van der Waals surface area (Å²) in [4.78, 5) is 0. The Labute approximate surface area is 96.2 Å². The number of rotatable bonds is 4. The zero-order valence-electron chi connectivity index (χ0n) is 9.65. The van der Waals surface area contributed by atoms with Crippen molar-refractivity contribution in [2.75, 3.05) is 13.2 Å². The lowest BCUT2D eigenvalue weighted by molar-refractivity contribution is 0.175. The second-order valence-corrected chi connectivity index (χ2v) is 4.48. The molecule has 1 aromatic rings.